The zero-order valence-corrected chi connectivity index (χ0v) is 15.9. The maximum absolute atomic E-state index is 13.1. The van der Waals surface area contributed by atoms with E-state index in [9.17, 15) is 8.42 Å². The summed E-state index contributed by atoms with van der Waals surface area (Å²) in [5.41, 5.74) is 0. The third-order valence-electron chi connectivity index (χ3n) is 4.91. The van der Waals surface area contributed by atoms with E-state index in [1.54, 1.807) is 16.4 Å². The fourth-order valence-corrected chi connectivity index (χ4v) is 5.31. The van der Waals surface area contributed by atoms with Crippen LogP contribution in [0.5, 0.6) is 5.75 Å². The standard InChI is InChI=1S/C20H27NO3S/c1-3-13-24-19-10-8-17-15-20(11-9-16(17)14-19)25(22,23)21-12-6-5-7-18(21)4-2/h8-11,14-15,18H,3-7,12-13H2,1-2H3. The normalized spacial score (nSPS) is 19.2. The minimum Gasteiger partial charge on any atom is -0.494 e. The Labute approximate surface area is 150 Å². The SMILES string of the molecule is CCCOc1ccc2cc(S(=O)(=O)N3CCCCC3CC)ccc2c1. The van der Waals surface area contributed by atoms with Crippen molar-refractivity contribution in [3.8, 4) is 5.75 Å². The molecule has 136 valence electrons. The second-order valence-electron chi connectivity index (χ2n) is 6.69. The maximum Gasteiger partial charge on any atom is 0.243 e. The molecule has 1 aliphatic heterocycles. The Bertz CT molecular complexity index is 832. The number of piperidine rings is 1. The van der Waals surface area contributed by atoms with Crippen molar-refractivity contribution in [3.63, 3.8) is 0 Å². The van der Waals surface area contributed by atoms with Gasteiger partial charge in [-0.3, -0.25) is 0 Å². The summed E-state index contributed by atoms with van der Waals surface area (Å²) in [7, 11) is -3.44. The lowest BCUT2D eigenvalue weighted by Crippen LogP contribution is -2.43. The van der Waals surface area contributed by atoms with Crippen molar-refractivity contribution in [2.75, 3.05) is 13.2 Å². The molecule has 25 heavy (non-hydrogen) atoms. The molecule has 4 nitrogen and oxygen atoms in total. The van der Waals surface area contributed by atoms with Gasteiger partial charge in [0.15, 0.2) is 0 Å². The van der Waals surface area contributed by atoms with Crippen molar-refractivity contribution in [2.24, 2.45) is 0 Å². The molecule has 0 amide bonds. The van der Waals surface area contributed by atoms with Crippen LogP contribution >= 0.6 is 0 Å². The molecule has 0 aromatic heterocycles. The predicted octanol–water partition coefficient (Wildman–Crippen LogP) is 4.58. The Morgan fingerprint density at radius 1 is 1.08 bits per heavy atom. The Kier molecular flexibility index (Phi) is 5.64. The van der Waals surface area contributed by atoms with Crippen LogP contribution in [-0.4, -0.2) is 31.9 Å². The molecule has 0 spiro atoms. The quantitative estimate of drug-likeness (QED) is 0.756. The topological polar surface area (TPSA) is 46.6 Å². The molecule has 1 unspecified atom stereocenters. The van der Waals surface area contributed by atoms with Gasteiger partial charge >= 0.3 is 0 Å². The van der Waals surface area contributed by atoms with Crippen molar-refractivity contribution in [1.82, 2.24) is 4.31 Å². The Morgan fingerprint density at radius 2 is 1.84 bits per heavy atom. The minimum absolute atomic E-state index is 0.124. The van der Waals surface area contributed by atoms with Gasteiger partial charge in [-0.2, -0.15) is 4.31 Å². The van der Waals surface area contributed by atoms with Gasteiger partial charge in [-0.15, -0.1) is 0 Å². The van der Waals surface area contributed by atoms with Crippen LogP contribution in [0.3, 0.4) is 0 Å². The summed E-state index contributed by atoms with van der Waals surface area (Å²) in [6, 6.07) is 11.3. The van der Waals surface area contributed by atoms with Crippen molar-refractivity contribution in [2.45, 2.75) is 56.9 Å². The summed E-state index contributed by atoms with van der Waals surface area (Å²) in [5, 5.41) is 1.92. The van der Waals surface area contributed by atoms with Gasteiger partial charge in [0.05, 0.1) is 11.5 Å². The Balaban J connectivity index is 1.92. The number of benzene rings is 2. The highest BCUT2D eigenvalue weighted by molar-refractivity contribution is 7.89. The summed E-state index contributed by atoms with van der Waals surface area (Å²) in [4.78, 5) is 0.391. The van der Waals surface area contributed by atoms with E-state index >= 15 is 0 Å². The van der Waals surface area contributed by atoms with E-state index in [1.807, 2.05) is 24.3 Å². The molecule has 1 aliphatic rings. The monoisotopic (exact) mass is 361 g/mol. The van der Waals surface area contributed by atoms with Gasteiger partial charge in [-0.05, 0) is 60.7 Å². The second-order valence-corrected chi connectivity index (χ2v) is 8.58. The molecule has 0 radical (unpaired) electrons. The average Bonchev–Trinajstić information content (AvgIpc) is 2.65. The second kappa shape index (κ2) is 7.75. The number of hydrogen-bond donors (Lipinski definition) is 0. The highest BCUT2D eigenvalue weighted by Crippen LogP contribution is 2.29. The molecule has 0 aliphatic carbocycles. The van der Waals surface area contributed by atoms with Crippen molar-refractivity contribution in [3.05, 3.63) is 36.4 Å². The number of nitrogens with zero attached hydrogens (tertiary/aromatic N) is 1. The van der Waals surface area contributed by atoms with Crippen LogP contribution in [0.15, 0.2) is 41.3 Å². The van der Waals surface area contributed by atoms with Gasteiger partial charge < -0.3 is 4.74 Å². The van der Waals surface area contributed by atoms with Crippen LogP contribution in [0.2, 0.25) is 0 Å². The van der Waals surface area contributed by atoms with E-state index in [2.05, 4.69) is 13.8 Å². The van der Waals surface area contributed by atoms with Crippen LogP contribution < -0.4 is 4.74 Å². The molecule has 0 bridgehead atoms. The van der Waals surface area contributed by atoms with Gasteiger partial charge in [-0.1, -0.05) is 32.4 Å². The number of ether oxygens (including phenoxy) is 1. The lowest BCUT2D eigenvalue weighted by atomic mass is 10.0. The summed E-state index contributed by atoms with van der Waals surface area (Å²) in [5.74, 6) is 0.826. The summed E-state index contributed by atoms with van der Waals surface area (Å²) >= 11 is 0. The molecule has 2 aromatic carbocycles. The molecule has 1 saturated heterocycles. The van der Waals surface area contributed by atoms with Gasteiger partial charge in [0.2, 0.25) is 10.0 Å². The average molecular weight is 362 g/mol. The first-order chi connectivity index (χ1) is 12.1. The molecule has 3 rings (SSSR count). The van der Waals surface area contributed by atoms with Gasteiger partial charge in [0.25, 0.3) is 0 Å². The molecular formula is C20H27NO3S. The maximum atomic E-state index is 13.1. The van der Waals surface area contributed by atoms with Crippen LogP contribution in [-0.2, 0) is 10.0 Å². The highest BCUT2D eigenvalue weighted by atomic mass is 32.2. The van der Waals surface area contributed by atoms with Gasteiger partial charge in [0, 0.05) is 12.6 Å². The number of fused-ring (bicyclic) bond motifs is 1. The van der Waals surface area contributed by atoms with E-state index in [4.69, 9.17) is 4.74 Å². The van der Waals surface area contributed by atoms with Crippen molar-refractivity contribution in [1.29, 1.82) is 0 Å². The van der Waals surface area contributed by atoms with Crippen LogP contribution in [0.25, 0.3) is 10.8 Å². The summed E-state index contributed by atoms with van der Waals surface area (Å²) in [6.07, 6.45) is 4.85. The Morgan fingerprint density at radius 3 is 2.60 bits per heavy atom. The third kappa shape index (κ3) is 3.82. The highest BCUT2D eigenvalue weighted by Gasteiger charge is 2.32. The number of sulfonamides is 1. The van der Waals surface area contributed by atoms with E-state index in [-0.39, 0.29) is 6.04 Å². The number of hydrogen-bond acceptors (Lipinski definition) is 3. The fourth-order valence-electron chi connectivity index (χ4n) is 3.51. The first-order valence-electron chi connectivity index (χ1n) is 9.24. The zero-order valence-electron chi connectivity index (χ0n) is 15.1. The lowest BCUT2D eigenvalue weighted by Gasteiger charge is -2.34. The van der Waals surface area contributed by atoms with Crippen LogP contribution in [0, 0.1) is 0 Å². The predicted molar refractivity (Wildman–Crippen MR) is 102 cm³/mol. The van der Waals surface area contributed by atoms with E-state index in [0.29, 0.717) is 18.0 Å². The lowest BCUT2D eigenvalue weighted by molar-refractivity contribution is 0.246. The van der Waals surface area contributed by atoms with E-state index in [0.717, 1.165) is 48.6 Å². The fraction of sp³-hybridized carbons (Fsp3) is 0.500. The van der Waals surface area contributed by atoms with Crippen molar-refractivity contribution < 1.29 is 13.2 Å². The van der Waals surface area contributed by atoms with Crippen LogP contribution in [0.4, 0.5) is 0 Å². The molecule has 5 heteroatoms. The third-order valence-corrected chi connectivity index (χ3v) is 6.85. The van der Waals surface area contributed by atoms with E-state index < -0.39 is 10.0 Å². The molecule has 2 aromatic rings. The Hall–Kier alpha value is -1.59. The molecule has 0 N–H and O–H groups in total. The first kappa shape index (κ1) is 18.2. The minimum atomic E-state index is -3.44. The molecule has 1 fully saturated rings. The van der Waals surface area contributed by atoms with Crippen LogP contribution in [0.1, 0.15) is 46.0 Å². The smallest absolute Gasteiger partial charge is 0.243 e. The summed E-state index contributed by atoms with van der Waals surface area (Å²) in [6.45, 7) is 5.45. The number of rotatable bonds is 6. The zero-order chi connectivity index (χ0) is 17.9. The van der Waals surface area contributed by atoms with Crippen molar-refractivity contribution >= 4 is 20.8 Å². The summed E-state index contributed by atoms with van der Waals surface area (Å²) < 4.78 is 33.6. The molecule has 1 atom stereocenters. The molecule has 0 saturated carbocycles. The molecule has 1 heterocycles. The van der Waals surface area contributed by atoms with Gasteiger partial charge in [0.1, 0.15) is 5.75 Å². The van der Waals surface area contributed by atoms with Gasteiger partial charge in [-0.25, -0.2) is 8.42 Å². The largest absolute Gasteiger partial charge is 0.494 e. The van der Waals surface area contributed by atoms with E-state index in [1.165, 1.54) is 0 Å². The molecular weight excluding hydrogens is 334 g/mol. The first-order valence-corrected chi connectivity index (χ1v) is 10.7.